The summed E-state index contributed by atoms with van der Waals surface area (Å²) in [4.78, 5) is 24.9. The number of likely N-dealkylation sites (N-methyl/N-ethyl adjacent to an activating group) is 1. The average molecular weight is 455 g/mol. The second-order valence-electron chi connectivity index (χ2n) is 13.9. The van der Waals surface area contributed by atoms with E-state index in [0.717, 1.165) is 19.3 Å². The maximum Gasteiger partial charge on any atom is 0.161 e. The van der Waals surface area contributed by atoms with Crippen molar-refractivity contribution in [2.24, 2.45) is 51.0 Å². The normalized spacial score (nSPS) is 48.7. The van der Waals surface area contributed by atoms with Crippen molar-refractivity contribution in [2.45, 2.75) is 111 Å². The molecule has 33 heavy (non-hydrogen) atoms. The van der Waals surface area contributed by atoms with Gasteiger partial charge in [0.25, 0.3) is 0 Å². The van der Waals surface area contributed by atoms with Gasteiger partial charge in [0.1, 0.15) is 0 Å². The molecule has 5 aliphatic rings. The van der Waals surface area contributed by atoms with Crippen molar-refractivity contribution in [3.8, 4) is 0 Å². The lowest BCUT2D eigenvalue weighted by Gasteiger charge is -2.68. The summed E-state index contributed by atoms with van der Waals surface area (Å²) in [7, 11) is 2.08. The zero-order valence-electron chi connectivity index (χ0n) is 22.1. The second-order valence-corrected chi connectivity index (χ2v) is 13.9. The quantitative estimate of drug-likeness (QED) is 0.484. The topological polar surface area (TPSA) is 58.5 Å². The number of carbonyl (C=O) groups is 1. The molecule has 0 spiro atoms. The van der Waals surface area contributed by atoms with E-state index in [4.69, 9.17) is 0 Å². The molecule has 4 nitrogen and oxygen atoms in total. The highest BCUT2D eigenvalue weighted by atomic mass is 16.3. The van der Waals surface area contributed by atoms with Gasteiger partial charge in [-0.15, -0.1) is 0 Å². The molecule has 0 heterocycles. The fourth-order valence-electron chi connectivity index (χ4n) is 10.8. The summed E-state index contributed by atoms with van der Waals surface area (Å²) >= 11 is 0. The Balaban J connectivity index is 1.54. The summed E-state index contributed by atoms with van der Waals surface area (Å²) in [5.41, 5.74) is 3.21. The monoisotopic (exact) mass is 454 g/mol. The summed E-state index contributed by atoms with van der Waals surface area (Å²) in [5, 5.41) is 7.27. The van der Waals surface area contributed by atoms with Crippen LogP contribution in [-0.4, -0.2) is 24.4 Å². The van der Waals surface area contributed by atoms with E-state index in [-0.39, 0.29) is 17.0 Å². The number of nitroso groups, excluding NO2 is 1. The Labute approximate surface area is 201 Å². The van der Waals surface area contributed by atoms with Gasteiger partial charge in [0.15, 0.2) is 5.78 Å². The molecular weight excluding hydrogens is 408 g/mol. The van der Waals surface area contributed by atoms with Crippen LogP contribution in [0.25, 0.3) is 0 Å². The number of ketones is 1. The predicted octanol–water partition coefficient (Wildman–Crippen LogP) is 6.68. The maximum absolute atomic E-state index is 13.2. The van der Waals surface area contributed by atoms with E-state index in [2.05, 4.69) is 59.1 Å². The average Bonchev–Trinajstić information content (AvgIpc) is 3.06. The fourth-order valence-corrected chi connectivity index (χ4v) is 10.8. The number of hydrogen-bond acceptors (Lipinski definition) is 4. The van der Waals surface area contributed by atoms with Gasteiger partial charge in [0, 0.05) is 12.0 Å². The summed E-state index contributed by atoms with van der Waals surface area (Å²) in [6.45, 7) is 14.3. The van der Waals surface area contributed by atoms with Crippen LogP contribution >= 0.6 is 0 Å². The van der Waals surface area contributed by atoms with Crippen molar-refractivity contribution in [3.63, 3.8) is 0 Å². The molecule has 4 saturated carbocycles. The number of hydrogen-bond donors (Lipinski definition) is 1. The molecule has 0 bridgehead atoms. The Morgan fingerprint density at radius 1 is 0.909 bits per heavy atom. The summed E-state index contributed by atoms with van der Waals surface area (Å²) < 4.78 is 0. The van der Waals surface area contributed by atoms with Gasteiger partial charge >= 0.3 is 0 Å². The lowest BCUT2D eigenvalue weighted by Crippen LogP contribution is -2.63. The fraction of sp³-hybridized carbons (Fsp3) is 0.897. The second kappa shape index (κ2) is 7.48. The number of nitrogens with zero attached hydrogens (tertiary/aromatic N) is 1. The van der Waals surface area contributed by atoms with Gasteiger partial charge in [-0.1, -0.05) is 46.7 Å². The van der Waals surface area contributed by atoms with E-state index in [1.807, 2.05) is 0 Å². The maximum atomic E-state index is 13.2. The van der Waals surface area contributed by atoms with Crippen molar-refractivity contribution < 1.29 is 4.79 Å². The number of rotatable bonds is 3. The smallest absolute Gasteiger partial charge is 0.161 e. The lowest BCUT2D eigenvalue weighted by atomic mass is 9.36. The van der Waals surface area contributed by atoms with Crippen molar-refractivity contribution in [1.82, 2.24) is 5.32 Å². The Kier molecular flexibility index (Phi) is 5.37. The SMILES string of the molecule is CNC12CCC3C(CCC4C3(C)CCC3C(C)(C)C(N=O)CCC34C)C1=C(C(C)C)C(=O)C2. The van der Waals surface area contributed by atoms with E-state index >= 15 is 0 Å². The van der Waals surface area contributed by atoms with E-state index in [9.17, 15) is 9.70 Å². The third kappa shape index (κ3) is 2.94. The molecule has 0 radical (unpaired) electrons. The molecule has 0 aliphatic heterocycles. The Bertz CT molecular complexity index is 890. The number of nitrogens with one attached hydrogen (secondary N) is 1. The number of fused-ring (bicyclic) bond motifs is 7. The molecule has 184 valence electrons. The van der Waals surface area contributed by atoms with Gasteiger partial charge in [-0.05, 0) is 115 Å². The van der Waals surface area contributed by atoms with Crippen molar-refractivity contribution in [1.29, 1.82) is 0 Å². The van der Waals surface area contributed by atoms with Crippen LogP contribution in [0.5, 0.6) is 0 Å². The molecule has 4 heteroatoms. The highest BCUT2D eigenvalue weighted by Crippen LogP contribution is 2.72. The molecule has 5 aliphatic carbocycles. The number of allylic oxidation sites excluding steroid dienone is 1. The van der Waals surface area contributed by atoms with Crippen LogP contribution in [0.4, 0.5) is 0 Å². The standard InChI is InChI=1S/C29H46N2O2/c1-17(2)24-20(32)16-29(30-7)15-10-19-18(25(24)29)8-9-22-27(19,5)13-11-21-26(3,4)23(31-33)12-14-28(21,22)6/h17-19,21-23,30H,8-16H2,1-7H3. The molecule has 4 fully saturated rings. The molecular formula is C29H46N2O2. The summed E-state index contributed by atoms with van der Waals surface area (Å²) in [6.07, 6.45) is 10.1. The van der Waals surface area contributed by atoms with Crippen LogP contribution in [0.1, 0.15) is 99.3 Å². The highest BCUT2D eigenvalue weighted by molar-refractivity contribution is 6.01. The molecule has 0 aromatic heterocycles. The lowest BCUT2D eigenvalue weighted by molar-refractivity contribution is -0.180. The zero-order valence-corrected chi connectivity index (χ0v) is 22.1. The van der Waals surface area contributed by atoms with Crippen LogP contribution in [0.3, 0.4) is 0 Å². The Morgan fingerprint density at radius 2 is 1.61 bits per heavy atom. The first-order valence-corrected chi connectivity index (χ1v) is 13.8. The molecule has 8 atom stereocenters. The molecule has 0 aromatic carbocycles. The molecule has 0 amide bonds. The van der Waals surface area contributed by atoms with Crippen molar-refractivity contribution in [2.75, 3.05) is 7.05 Å². The third-order valence-corrected chi connectivity index (χ3v) is 12.2. The first kappa shape index (κ1) is 23.7. The minimum atomic E-state index is -0.0855. The van der Waals surface area contributed by atoms with Gasteiger partial charge in [-0.3, -0.25) is 4.79 Å². The van der Waals surface area contributed by atoms with E-state index in [1.165, 1.54) is 43.3 Å². The number of carbonyl (C=O) groups excluding carboxylic acids is 1. The number of Topliss-reactive ketones (excluding diaryl/α,β-unsaturated/α-hetero) is 1. The molecule has 1 N–H and O–H groups in total. The Hall–Kier alpha value is -1.03. The van der Waals surface area contributed by atoms with Gasteiger partial charge in [0.05, 0.1) is 6.04 Å². The van der Waals surface area contributed by atoms with Crippen LogP contribution < -0.4 is 5.32 Å². The van der Waals surface area contributed by atoms with Gasteiger partial charge < -0.3 is 5.32 Å². The van der Waals surface area contributed by atoms with E-state index in [0.29, 0.717) is 52.6 Å². The first-order valence-electron chi connectivity index (χ1n) is 13.8. The summed E-state index contributed by atoms with van der Waals surface area (Å²) in [6, 6.07) is -0.0366. The molecule has 5 rings (SSSR count). The van der Waals surface area contributed by atoms with Gasteiger partial charge in [-0.25, -0.2) is 0 Å². The molecule has 0 aromatic rings. The largest absolute Gasteiger partial charge is 0.310 e. The highest BCUT2D eigenvalue weighted by Gasteiger charge is 2.66. The molecule has 8 unspecified atom stereocenters. The van der Waals surface area contributed by atoms with Crippen LogP contribution in [-0.2, 0) is 4.79 Å². The van der Waals surface area contributed by atoms with Crippen LogP contribution in [0.15, 0.2) is 16.3 Å². The molecule has 0 saturated heterocycles. The summed E-state index contributed by atoms with van der Waals surface area (Å²) in [5.74, 6) is 3.23. The van der Waals surface area contributed by atoms with Crippen molar-refractivity contribution >= 4 is 5.78 Å². The zero-order chi connectivity index (χ0) is 24.0. The third-order valence-electron chi connectivity index (χ3n) is 12.2. The minimum absolute atomic E-state index is 0.00795. The first-order chi connectivity index (χ1) is 15.5. The van der Waals surface area contributed by atoms with Crippen LogP contribution in [0.2, 0.25) is 0 Å². The minimum Gasteiger partial charge on any atom is -0.310 e. The Morgan fingerprint density at radius 3 is 2.24 bits per heavy atom. The van der Waals surface area contributed by atoms with Gasteiger partial charge in [0.2, 0.25) is 0 Å². The van der Waals surface area contributed by atoms with Crippen LogP contribution in [0, 0.1) is 50.7 Å². The van der Waals surface area contributed by atoms with E-state index < -0.39 is 0 Å². The van der Waals surface area contributed by atoms with Crippen molar-refractivity contribution in [3.05, 3.63) is 16.1 Å². The predicted molar refractivity (Wildman–Crippen MR) is 134 cm³/mol. The van der Waals surface area contributed by atoms with E-state index in [1.54, 1.807) is 0 Å². The van der Waals surface area contributed by atoms with Gasteiger partial charge in [-0.2, -0.15) is 4.91 Å².